The molecular formula is C21H31N3O2S. The highest BCUT2D eigenvalue weighted by molar-refractivity contribution is 8.00. The number of anilines is 1. The van der Waals surface area contributed by atoms with Crippen LogP contribution in [0.4, 0.5) is 5.69 Å². The first kappa shape index (κ1) is 19.2. The van der Waals surface area contributed by atoms with Crippen molar-refractivity contribution in [2.45, 2.75) is 42.4 Å². The lowest BCUT2D eigenvalue weighted by atomic mass is 10.2. The number of hydrogen-bond donors (Lipinski definition) is 0. The van der Waals surface area contributed by atoms with Crippen LogP contribution in [-0.4, -0.2) is 79.5 Å². The lowest BCUT2D eigenvalue weighted by Crippen LogP contribution is -2.51. The van der Waals surface area contributed by atoms with Gasteiger partial charge in [-0.2, -0.15) is 0 Å². The summed E-state index contributed by atoms with van der Waals surface area (Å²) in [6, 6.07) is 8.35. The van der Waals surface area contributed by atoms with Gasteiger partial charge in [-0.05, 0) is 31.4 Å². The summed E-state index contributed by atoms with van der Waals surface area (Å²) >= 11 is 1.89. The Balaban J connectivity index is 1.32. The van der Waals surface area contributed by atoms with Gasteiger partial charge in [-0.3, -0.25) is 14.6 Å². The highest BCUT2D eigenvalue weighted by Gasteiger charge is 2.27. The minimum atomic E-state index is 0.240. The molecule has 2 saturated heterocycles. The molecule has 5 nitrogen and oxygen atoms in total. The topological polar surface area (TPSA) is 36.0 Å². The van der Waals surface area contributed by atoms with Crippen molar-refractivity contribution in [2.24, 2.45) is 0 Å². The largest absolute Gasteiger partial charge is 0.377 e. The van der Waals surface area contributed by atoms with E-state index in [1.165, 1.54) is 17.7 Å². The first-order valence-corrected chi connectivity index (χ1v) is 11.2. The molecule has 0 aliphatic carbocycles. The molecule has 1 amide bonds. The Morgan fingerprint density at radius 2 is 1.89 bits per heavy atom. The van der Waals surface area contributed by atoms with E-state index in [0.29, 0.717) is 17.9 Å². The van der Waals surface area contributed by atoms with Gasteiger partial charge in [0.25, 0.3) is 0 Å². The average Bonchev–Trinajstić information content (AvgIpc) is 3.11. The molecule has 4 rings (SSSR count). The van der Waals surface area contributed by atoms with Gasteiger partial charge in [0.1, 0.15) is 0 Å². The zero-order chi connectivity index (χ0) is 18.6. The van der Waals surface area contributed by atoms with Crippen LogP contribution in [0.1, 0.15) is 26.2 Å². The van der Waals surface area contributed by atoms with Crippen molar-refractivity contribution in [1.29, 1.82) is 0 Å². The second-order valence-corrected chi connectivity index (χ2v) is 9.42. The number of nitrogens with zero attached hydrogens (tertiary/aromatic N) is 3. The van der Waals surface area contributed by atoms with E-state index in [-0.39, 0.29) is 5.91 Å². The van der Waals surface area contributed by atoms with Crippen LogP contribution in [-0.2, 0) is 9.53 Å². The number of fused-ring (bicyclic) bond motifs is 1. The SMILES string of the molecule is CC1CCN(C(=O)CN2CCN(CC3CCCO3)CC2)c2ccccc2S1. The normalized spacial score (nSPS) is 27.4. The molecular weight excluding hydrogens is 358 g/mol. The van der Waals surface area contributed by atoms with Crippen molar-refractivity contribution < 1.29 is 9.53 Å². The zero-order valence-corrected chi connectivity index (χ0v) is 17.1. The number of rotatable bonds is 4. The summed E-state index contributed by atoms with van der Waals surface area (Å²) in [5.74, 6) is 0.240. The van der Waals surface area contributed by atoms with Crippen molar-refractivity contribution in [3.05, 3.63) is 24.3 Å². The van der Waals surface area contributed by atoms with Gasteiger partial charge in [-0.15, -0.1) is 11.8 Å². The average molecular weight is 390 g/mol. The number of hydrogen-bond acceptors (Lipinski definition) is 5. The summed E-state index contributed by atoms with van der Waals surface area (Å²) < 4.78 is 5.76. The lowest BCUT2D eigenvalue weighted by molar-refractivity contribution is -0.120. The number of ether oxygens (including phenoxy) is 1. The molecule has 2 unspecified atom stereocenters. The molecule has 27 heavy (non-hydrogen) atoms. The van der Waals surface area contributed by atoms with Gasteiger partial charge in [-0.25, -0.2) is 0 Å². The number of amides is 1. The van der Waals surface area contributed by atoms with E-state index in [4.69, 9.17) is 4.74 Å². The van der Waals surface area contributed by atoms with Crippen molar-refractivity contribution in [3.63, 3.8) is 0 Å². The van der Waals surface area contributed by atoms with Crippen molar-refractivity contribution in [3.8, 4) is 0 Å². The molecule has 0 saturated carbocycles. The Kier molecular flexibility index (Phi) is 6.38. The summed E-state index contributed by atoms with van der Waals surface area (Å²) in [5, 5.41) is 0.547. The van der Waals surface area contributed by atoms with Crippen molar-refractivity contribution in [2.75, 3.05) is 57.3 Å². The van der Waals surface area contributed by atoms with E-state index < -0.39 is 0 Å². The maximum absolute atomic E-state index is 13.1. The molecule has 6 heteroatoms. The number of benzene rings is 1. The first-order valence-electron chi connectivity index (χ1n) is 10.3. The molecule has 3 aliphatic rings. The van der Waals surface area contributed by atoms with Gasteiger partial charge in [-0.1, -0.05) is 19.1 Å². The quantitative estimate of drug-likeness (QED) is 0.791. The van der Waals surface area contributed by atoms with Gasteiger partial charge in [0, 0.05) is 56.0 Å². The number of carbonyl (C=O) groups is 1. The van der Waals surface area contributed by atoms with E-state index in [9.17, 15) is 4.79 Å². The Labute approximate surface area is 167 Å². The van der Waals surface area contributed by atoms with E-state index in [1.54, 1.807) is 0 Å². The number of piperazine rings is 1. The summed E-state index contributed by atoms with van der Waals surface area (Å²) in [5.41, 5.74) is 1.09. The van der Waals surface area contributed by atoms with Gasteiger partial charge in [0.2, 0.25) is 5.91 Å². The molecule has 1 aromatic carbocycles. The number of para-hydroxylation sites is 1. The van der Waals surface area contributed by atoms with Crippen LogP contribution in [0.25, 0.3) is 0 Å². The van der Waals surface area contributed by atoms with Gasteiger partial charge in [0.05, 0.1) is 18.3 Å². The van der Waals surface area contributed by atoms with Crippen LogP contribution in [0.2, 0.25) is 0 Å². The maximum atomic E-state index is 13.1. The molecule has 0 bridgehead atoms. The molecule has 0 aromatic heterocycles. The van der Waals surface area contributed by atoms with Crippen LogP contribution in [0.15, 0.2) is 29.2 Å². The first-order chi connectivity index (χ1) is 13.2. The monoisotopic (exact) mass is 389 g/mol. The van der Waals surface area contributed by atoms with Crippen LogP contribution >= 0.6 is 11.8 Å². The Morgan fingerprint density at radius 3 is 2.67 bits per heavy atom. The van der Waals surface area contributed by atoms with Gasteiger partial charge >= 0.3 is 0 Å². The lowest BCUT2D eigenvalue weighted by Gasteiger charge is -2.36. The standard InChI is InChI=1S/C21H31N3O2S/c1-17-8-9-24(19-6-2-3-7-20(19)27-17)21(25)16-23-12-10-22(11-13-23)15-18-5-4-14-26-18/h2-3,6-7,17-18H,4-5,8-16H2,1H3. The molecule has 148 valence electrons. The highest BCUT2D eigenvalue weighted by atomic mass is 32.2. The third-order valence-corrected chi connectivity index (χ3v) is 7.09. The van der Waals surface area contributed by atoms with E-state index in [0.717, 1.165) is 58.0 Å². The zero-order valence-electron chi connectivity index (χ0n) is 16.3. The summed E-state index contributed by atoms with van der Waals surface area (Å²) in [6.45, 7) is 9.60. The smallest absolute Gasteiger partial charge is 0.241 e. The number of carbonyl (C=O) groups excluding carboxylic acids is 1. The van der Waals surface area contributed by atoms with E-state index >= 15 is 0 Å². The third-order valence-electron chi connectivity index (χ3n) is 5.85. The summed E-state index contributed by atoms with van der Waals surface area (Å²) in [4.78, 5) is 21.2. The molecule has 0 spiro atoms. The molecule has 0 radical (unpaired) electrons. The second-order valence-electron chi connectivity index (χ2n) is 7.94. The fourth-order valence-corrected chi connectivity index (χ4v) is 5.34. The molecule has 3 heterocycles. The highest BCUT2D eigenvalue weighted by Crippen LogP contribution is 2.37. The molecule has 0 N–H and O–H groups in total. The Bertz CT molecular complexity index is 642. The molecule has 3 aliphatic heterocycles. The predicted octanol–water partition coefficient (Wildman–Crippen LogP) is 2.70. The summed E-state index contributed by atoms with van der Waals surface area (Å²) in [7, 11) is 0. The molecule has 1 aromatic rings. The summed E-state index contributed by atoms with van der Waals surface area (Å²) in [6.07, 6.45) is 3.86. The second kappa shape index (κ2) is 8.95. The van der Waals surface area contributed by atoms with Crippen molar-refractivity contribution >= 4 is 23.4 Å². The van der Waals surface area contributed by atoms with Crippen LogP contribution < -0.4 is 4.90 Å². The van der Waals surface area contributed by atoms with Gasteiger partial charge < -0.3 is 9.64 Å². The minimum Gasteiger partial charge on any atom is -0.377 e. The predicted molar refractivity (Wildman–Crippen MR) is 111 cm³/mol. The van der Waals surface area contributed by atoms with Crippen LogP contribution in [0.3, 0.4) is 0 Å². The molecule has 2 atom stereocenters. The maximum Gasteiger partial charge on any atom is 0.241 e. The molecule has 2 fully saturated rings. The number of thioether (sulfide) groups is 1. The van der Waals surface area contributed by atoms with Crippen LogP contribution in [0, 0.1) is 0 Å². The fraction of sp³-hybridized carbons (Fsp3) is 0.667. The minimum absolute atomic E-state index is 0.240. The Hall–Kier alpha value is -1.08. The van der Waals surface area contributed by atoms with Crippen molar-refractivity contribution in [1.82, 2.24) is 9.80 Å². The van der Waals surface area contributed by atoms with E-state index in [2.05, 4.69) is 34.9 Å². The van der Waals surface area contributed by atoms with Gasteiger partial charge in [0.15, 0.2) is 0 Å². The van der Waals surface area contributed by atoms with E-state index in [1.807, 2.05) is 22.7 Å². The third kappa shape index (κ3) is 4.86. The van der Waals surface area contributed by atoms with Crippen LogP contribution in [0.5, 0.6) is 0 Å². The fourth-order valence-electron chi connectivity index (χ4n) is 4.23. The Morgan fingerprint density at radius 1 is 1.11 bits per heavy atom.